The maximum absolute atomic E-state index is 13.7. The quantitative estimate of drug-likeness (QED) is 0.517. The van der Waals surface area contributed by atoms with Crippen molar-refractivity contribution in [1.82, 2.24) is 15.0 Å². The molecule has 1 aliphatic rings. The Bertz CT molecular complexity index is 932. The first-order valence-corrected chi connectivity index (χ1v) is 8.31. The van der Waals surface area contributed by atoms with E-state index in [0.29, 0.717) is 16.9 Å². The lowest BCUT2D eigenvalue weighted by atomic mass is 10.0. The van der Waals surface area contributed by atoms with Crippen LogP contribution in [0, 0.1) is 5.82 Å². The van der Waals surface area contributed by atoms with E-state index in [1.807, 2.05) is 18.2 Å². The van der Waals surface area contributed by atoms with Gasteiger partial charge in [-0.1, -0.05) is 22.0 Å². The molecule has 1 aromatic carbocycles. The Morgan fingerprint density at radius 1 is 1.29 bits per heavy atom. The molecule has 6 nitrogen and oxygen atoms in total. The van der Waals surface area contributed by atoms with E-state index >= 15 is 0 Å². The Labute approximate surface area is 146 Å². The van der Waals surface area contributed by atoms with Crippen LogP contribution in [0.15, 0.2) is 34.9 Å². The van der Waals surface area contributed by atoms with E-state index in [1.165, 1.54) is 11.6 Å². The van der Waals surface area contributed by atoms with Gasteiger partial charge in [-0.25, -0.2) is 15.2 Å². The Kier molecular flexibility index (Phi) is 3.78. The molecule has 8 heteroatoms. The summed E-state index contributed by atoms with van der Waals surface area (Å²) in [6, 6.07) is 7.44. The van der Waals surface area contributed by atoms with Crippen molar-refractivity contribution in [3.8, 4) is 0 Å². The number of nitrogens with one attached hydrogen (secondary N) is 1. The van der Waals surface area contributed by atoms with E-state index in [2.05, 4.69) is 41.2 Å². The predicted molar refractivity (Wildman–Crippen MR) is 94.6 cm³/mol. The predicted octanol–water partition coefficient (Wildman–Crippen LogP) is 3.30. The van der Waals surface area contributed by atoms with Crippen molar-refractivity contribution >= 4 is 44.4 Å². The minimum atomic E-state index is -0.424. The summed E-state index contributed by atoms with van der Waals surface area (Å²) in [6.07, 6.45) is 3.08. The smallest absolute Gasteiger partial charge is 0.241 e. The van der Waals surface area contributed by atoms with Crippen LogP contribution in [-0.2, 0) is 6.42 Å². The van der Waals surface area contributed by atoms with Crippen molar-refractivity contribution < 1.29 is 4.39 Å². The number of nitrogens with two attached hydrogens (primary N) is 1. The van der Waals surface area contributed by atoms with Gasteiger partial charge >= 0.3 is 0 Å². The molecule has 0 bridgehead atoms. The summed E-state index contributed by atoms with van der Waals surface area (Å²) in [5.41, 5.74) is 5.11. The molecule has 2 aromatic heterocycles. The van der Waals surface area contributed by atoms with E-state index in [1.54, 1.807) is 0 Å². The number of pyridine rings is 1. The number of aromatic nitrogens is 3. The SMILES string of the molecule is NNc1nc(N2CCCc3c(Br)cccc32)c2cc(F)cnc2n1. The van der Waals surface area contributed by atoms with Crippen molar-refractivity contribution in [2.75, 3.05) is 16.9 Å². The molecule has 0 spiro atoms. The lowest BCUT2D eigenvalue weighted by Gasteiger charge is -2.31. The zero-order chi connectivity index (χ0) is 16.7. The minimum absolute atomic E-state index is 0.249. The van der Waals surface area contributed by atoms with E-state index in [9.17, 15) is 4.39 Å². The highest BCUT2D eigenvalue weighted by molar-refractivity contribution is 9.10. The van der Waals surface area contributed by atoms with Crippen LogP contribution in [0.3, 0.4) is 0 Å². The average Bonchev–Trinajstić information content (AvgIpc) is 2.61. The fourth-order valence-corrected chi connectivity index (χ4v) is 3.60. The van der Waals surface area contributed by atoms with E-state index in [0.717, 1.165) is 35.7 Å². The second-order valence-electron chi connectivity index (χ2n) is 5.53. The Morgan fingerprint density at radius 3 is 3.00 bits per heavy atom. The molecule has 0 unspecified atom stereocenters. The molecule has 4 rings (SSSR count). The maximum Gasteiger partial charge on any atom is 0.241 e. The van der Waals surface area contributed by atoms with Crippen LogP contribution in [-0.4, -0.2) is 21.5 Å². The summed E-state index contributed by atoms with van der Waals surface area (Å²) in [6.45, 7) is 0.774. The molecule has 122 valence electrons. The van der Waals surface area contributed by atoms with Gasteiger partial charge < -0.3 is 4.90 Å². The van der Waals surface area contributed by atoms with Gasteiger partial charge in [0.1, 0.15) is 11.6 Å². The first kappa shape index (κ1) is 15.2. The lowest BCUT2D eigenvalue weighted by molar-refractivity contribution is 0.624. The molecule has 24 heavy (non-hydrogen) atoms. The molecule has 0 atom stereocenters. The zero-order valence-corrected chi connectivity index (χ0v) is 14.2. The van der Waals surface area contributed by atoms with Crippen molar-refractivity contribution in [1.29, 1.82) is 0 Å². The number of fused-ring (bicyclic) bond motifs is 2. The maximum atomic E-state index is 13.7. The van der Waals surface area contributed by atoms with Crippen molar-refractivity contribution in [2.24, 2.45) is 5.84 Å². The second-order valence-corrected chi connectivity index (χ2v) is 6.39. The van der Waals surface area contributed by atoms with Crippen LogP contribution in [0.25, 0.3) is 11.0 Å². The molecule has 3 heterocycles. The third-order valence-electron chi connectivity index (χ3n) is 4.08. The van der Waals surface area contributed by atoms with Gasteiger partial charge in [-0.05, 0) is 36.6 Å². The van der Waals surface area contributed by atoms with Gasteiger partial charge in [-0.2, -0.15) is 9.97 Å². The molecule has 3 aromatic rings. The largest absolute Gasteiger partial charge is 0.325 e. The molecule has 0 saturated carbocycles. The fraction of sp³-hybridized carbons (Fsp3) is 0.188. The average molecular weight is 389 g/mol. The van der Waals surface area contributed by atoms with Gasteiger partial charge in [-0.3, -0.25) is 5.43 Å². The monoisotopic (exact) mass is 388 g/mol. The van der Waals surface area contributed by atoms with Gasteiger partial charge in [0.05, 0.1) is 11.6 Å². The van der Waals surface area contributed by atoms with Crippen molar-refractivity contribution in [3.63, 3.8) is 0 Å². The topological polar surface area (TPSA) is 80.0 Å². The van der Waals surface area contributed by atoms with Gasteiger partial charge in [0.25, 0.3) is 0 Å². The number of nitrogen functional groups attached to an aromatic ring is 1. The van der Waals surface area contributed by atoms with Gasteiger partial charge in [0.15, 0.2) is 5.65 Å². The number of rotatable bonds is 2. The Morgan fingerprint density at radius 2 is 2.17 bits per heavy atom. The highest BCUT2D eigenvalue weighted by Gasteiger charge is 2.24. The van der Waals surface area contributed by atoms with E-state index < -0.39 is 5.82 Å². The standard InChI is InChI=1S/C16H14BrFN6/c17-12-4-1-5-13-10(12)3-2-6-24(13)15-11-7-9(18)8-20-14(11)21-16(22-15)23-19/h1,4-5,7-8H,2-3,6,19H2,(H,20,21,22,23). The molecular formula is C16H14BrFN6. The third-order valence-corrected chi connectivity index (χ3v) is 4.82. The van der Waals surface area contributed by atoms with Gasteiger partial charge in [-0.15, -0.1) is 0 Å². The van der Waals surface area contributed by atoms with Crippen LogP contribution >= 0.6 is 15.9 Å². The number of hydrogen-bond acceptors (Lipinski definition) is 6. The molecule has 0 radical (unpaired) electrons. The summed E-state index contributed by atoms with van der Waals surface area (Å²) in [4.78, 5) is 14.8. The number of hydrazine groups is 1. The third kappa shape index (κ3) is 2.47. The number of benzene rings is 1. The number of anilines is 3. The van der Waals surface area contributed by atoms with Crippen molar-refractivity contribution in [2.45, 2.75) is 12.8 Å². The fourth-order valence-electron chi connectivity index (χ4n) is 3.04. The highest BCUT2D eigenvalue weighted by atomic mass is 79.9. The normalized spacial score (nSPS) is 13.9. The summed E-state index contributed by atoms with van der Waals surface area (Å²) in [7, 11) is 0. The number of halogens is 2. The second kappa shape index (κ2) is 5.95. The molecule has 3 N–H and O–H groups in total. The Balaban J connectivity index is 1.97. The molecular weight excluding hydrogens is 375 g/mol. The zero-order valence-electron chi connectivity index (χ0n) is 12.6. The first-order valence-electron chi connectivity index (χ1n) is 7.52. The summed E-state index contributed by atoms with van der Waals surface area (Å²) >= 11 is 3.61. The molecule has 0 saturated heterocycles. The van der Waals surface area contributed by atoms with Crippen LogP contribution in [0.4, 0.5) is 21.8 Å². The molecule has 0 aliphatic carbocycles. The van der Waals surface area contributed by atoms with Gasteiger partial charge in [0.2, 0.25) is 5.95 Å². The summed E-state index contributed by atoms with van der Waals surface area (Å²) < 4.78 is 14.8. The van der Waals surface area contributed by atoms with Gasteiger partial charge in [0, 0.05) is 16.7 Å². The highest BCUT2D eigenvalue weighted by Crippen LogP contribution is 2.38. The van der Waals surface area contributed by atoms with Crippen LogP contribution in [0.1, 0.15) is 12.0 Å². The number of hydrogen-bond donors (Lipinski definition) is 2. The minimum Gasteiger partial charge on any atom is -0.325 e. The Hall–Kier alpha value is -2.32. The van der Waals surface area contributed by atoms with E-state index in [4.69, 9.17) is 5.84 Å². The van der Waals surface area contributed by atoms with Crippen LogP contribution in [0.5, 0.6) is 0 Å². The first-order chi connectivity index (χ1) is 11.7. The van der Waals surface area contributed by atoms with Crippen LogP contribution in [0.2, 0.25) is 0 Å². The summed E-state index contributed by atoms with van der Waals surface area (Å²) in [5.74, 6) is 5.91. The molecule has 1 aliphatic heterocycles. The summed E-state index contributed by atoms with van der Waals surface area (Å²) in [5, 5.41) is 0.557. The van der Waals surface area contributed by atoms with Crippen LogP contribution < -0.4 is 16.2 Å². The van der Waals surface area contributed by atoms with Crippen molar-refractivity contribution in [3.05, 3.63) is 46.3 Å². The number of nitrogens with zero attached hydrogens (tertiary/aromatic N) is 4. The van der Waals surface area contributed by atoms with E-state index in [-0.39, 0.29) is 5.95 Å². The lowest BCUT2D eigenvalue weighted by Crippen LogP contribution is -2.26. The molecule has 0 amide bonds. The molecule has 0 fully saturated rings.